The zero-order valence-electron chi connectivity index (χ0n) is 9.73. The molecule has 2 atom stereocenters. The number of likely N-dealkylation sites (tertiary alicyclic amines) is 1. The maximum Gasteiger partial charge on any atom is 0.274 e. The average molecular weight is 222 g/mol. The Bertz CT molecular complexity index is 377. The van der Waals surface area contributed by atoms with E-state index in [9.17, 15) is 4.79 Å². The largest absolute Gasteiger partial charge is 0.335 e. The van der Waals surface area contributed by atoms with Gasteiger partial charge in [0.2, 0.25) is 0 Å². The molecule has 0 aromatic carbocycles. The van der Waals surface area contributed by atoms with Crippen LogP contribution in [0, 0.1) is 12.8 Å². The van der Waals surface area contributed by atoms with Crippen LogP contribution in [-0.4, -0.2) is 40.1 Å². The van der Waals surface area contributed by atoms with E-state index in [4.69, 9.17) is 5.73 Å². The van der Waals surface area contributed by atoms with Gasteiger partial charge in [0.1, 0.15) is 5.69 Å². The van der Waals surface area contributed by atoms with Gasteiger partial charge in [0.15, 0.2) is 0 Å². The molecule has 16 heavy (non-hydrogen) atoms. The van der Waals surface area contributed by atoms with Crippen LogP contribution in [0.1, 0.15) is 29.5 Å². The van der Waals surface area contributed by atoms with E-state index in [0.29, 0.717) is 18.2 Å². The molecule has 1 aromatic rings. The molecule has 1 amide bonds. The van der Waals surface area contributed by atoms with Crippen molar-refractivity contribution in [3.63, 3.8) is 0 Å². The summed E-state index contributed by atoms with van der Waals surface area (Å²) in [6.45, 7) is 5.41. The minimum Gasteiger partial charge on any atom is -0.335 e. The number of nitrogens with zero attached hydrogens (tertiary/aromatic N) is 2. The number of nitrogens with two attached hydrogens (primary N) is 1. The van der Waals surface area contributed by atoms with E-state index in [0.717, 1.165) is 18.7 Å². The van der Waals surface area contributed by atoms with Gasteiger partial charge in [-0.25, -0.2) is 0 Å². The van der Waals surface area contributed by atoms with Crippen molar-refractivity contribution in [2.75, 3.05) is 13.1 Å². The summed E-state index contributed by atoms with van der Waals surface area (Å²) in [7, 11) is 0. The molecule has 0 spiro atoms. The monoisotopic (exact) mass is 222 g/mol. The van der Waals surface area contributed by atoms with Crippen LogP contribution in [0.2, 0.25) is 0 Å². The van der Waals surface area contributed by atoms with E-state index >= 15 is 0 Å². The number of H-pyrrole nitrogens is 1. The van der Waals surface area contributed by atoms with Crippen LogP contribution < -0.4 is 5.73 Å². The van der Waals surface area contributed by atoms with Crippen LogP contribution in [0.3, 0.4) is 0 Å². The summed E-state index contributed by atoms with van der Waals surface area (Å²) in [6.07, 6.45) is 0.989. The third-order valence-corrected chi connectivity index (χ3v) is 2.90. The van der Waals surface area contributed by atoms with E-state index in [1.54, 1.807) is 11.0 Å². The summed E-state index contributed by atoms with van der Waals surface area (Å²) in [4.78, 5) is 13.9. The number of piperidine rings is 1. The molecule has 1 saturated heterocycles. The van der Waals surface area contributed by atoms with Gasteiger partial charge in [0.05, 0.1) is 0 Å². The van der Waals surface area contributed by atoms with Gasteiger partial charge in [-0.1, -0.05) is 6.92 Å². The van der Waals surface area contributed by atoms with Crippen molar-refractivity contribution in [3.8, 4) is 0 Å². The summed E-state index contributed by atoms with van der Waals surface area (Å²) in [6, 6.07) is 1.86. The molecule has 1 fully saturated rings. The van der Waals surface area contributed by atoms with Crippen LogP contribution in [0.5, 0.6) is 0 Å². The quantitative estimate of drug-likeness (QED) is 0.727. The maximum atomic E-state index is 12.1. The fraction of sp³-hybridized carbons (Fsp3) is 0.636. The molecule has 0 radical (unpaired) electrons. The van der Waals surface area contributed by atoms with E-state index in [1.807, 2.05) is 6.92 Å². The number of hydrogen-bond acceptors (Lipinski definition) is 3. The summed E-state index contributed by atoms with van der Waals surface area (Å²) in [5.41, 5.74) is 7.30. The SMILES string of the molecule is Cc1cc(C(=O)N2CC(C)CC(N)C2)n[nH]1. The molecular formula is C11H18N4O. The molecule has 2 unspecified atom stereocenters. The lowest BCUT2D eigenvalue weighted by molar-refractivity contribution is 0.0655. The highest BCUT2D eigenvalue weighted by Crippen LogP contribution is 2.16. The Morgan fingerprint density at radius 2 is 2.38 bits per heavy atom. The number of aromatic amines is 1. The molecule has 1 aromatic heterocycles. The highest BCUT2D eigenvalue weighted by Gasteiger charge is 2.27. The highest BCUT2D eigenvalue weighted by molar-refractivity contribution is 5.92. The standard InChI is InChI=1S/C11H18N4O/c1-7-3-9(12)6-15(5-7)11(16)10-4-8(2)13-14-10/h4,7,9H,3,5-6,12H2,1-2H3,(H,13,14). The molecule has 5 nitrogen and oxygen atoms in total. The molecule has 0 saturated carbocycles. The molecule has 0 aliphatic carbocycles. The Labute approximate surface area is 95.0 Å². The zero-order chi connectivity index (χ0) is 11.7. The first-order valence-corrected chi connectivity index (χ1v) is 5.63. The number of aryl methyl sites for hydroxylation is 1. The Morgan fingerprint density at radius 1 is 1.62 bits per heavy atom. The lowest BCUT2D eigenvalue weighted by Crippen LogP contribution is -2.48. The Hall–Kier alpha value is -1.36. The fourth-order valence-corrected chi connectivity index (χ4v) is 2.26. The van der Waals surface area contributed by atoms with Gasteiger partial charge >= 0.3 is 0 Å². The lowest BCUT2D eigenvalue weighted by atomic mass is 9.96. The lowest BCUT2D eigenvalue weighted by Gasteiger charge is -2.34. The number of amides is 1. The van der Waals surface area contributed by atoms with Gasteiger partial charge in [-0.15, -0.1) is 0 Å². The summed E-state index contributed by atoms with van der Waals surface area (Å²) < 4.78 is 0. The van der Waals surface area contributed by atoms with Crippen LogP contribution >= 0.6 is 0 Å². The third kappa shape index (κ3) is 2.24. The maximum absolute atomic E-state index is 12.1. The van der Waals surface area contributed by atoms with E-state index < -0.39 is 0 Å². The van der Waals surface area contributed by atoms with E-state index in [2.05, 4.69) is 17.1 Å². The number of nitrogens with one attached hydrogen (secondary N) is 1. The normalized spacial score (nSPS) is 25.8. The van der Waals surface area contributed by atoms with Crippen molar-refractivity contribution in [2.24, 2.45) is 11.7 Å². The molecule has 1 aliphatic rings. The number of aromatic nitrogens is 2. The summed E-state index contributed by atoms with van der Waals surface area (Å²) in [5, 5.41) is 6.77. The van der Waals surface area contributed by atoms with Gasteiger partial charge in [0.25, 0.3) is 5.91 Å². The minimum absolute atomic E-state index is 0.0219. The second-order valence-electron chi connectivity index (χ2n) is 4.75. The summed E-state index contributed by atoms with van der Waals surface area (Å²) in [5.74, 6) is 0.444. The smallest absolute Gasteiger partial charge is 0.274 e. The molecule has 0 bridgehead atoms. The average Bonchev–Trinajstić information content (AvgIpc) is 2.62. The van der Waals surface area contributed by atoms with Gasteiger partial charge in [-0.2, -0.15) is 5.10 Å². The van der Waals surface area contributed by atoms with Crippen LogP contribution in [-0.2, 0) is 0 Å². The van der Waals surface area contributed by atoms with Crippen molar-refractivity contribution in [1.29, 1.82) is 0 Å². The Balaban J connectivity index is 2.09. The first-order valence-electron chi connectivity index (χ1n) is 5.63. The molecule has 2 rings (SSSR count). The fourth-order valence-electron chi connectivity index (χ4n) is 2.26. The molecule has 3 N–H and O–H groups in total. The van der Waals surface area contributed by atoms with E-state index in [-0.39, 0.29) is 11.9 Å². The second kappa shape index (κ2) is 4.25. The van der Waals surface area contributed by atoms with Crippen molar-refractivity contribution in [2.45, 2.75) is 26.3 Å². The van der Waals surface area contributed by atoms with Gasteiger partial charge in [-0.3, -0.25) is 9.89 Å². The predicted octanol–water partition coefficient (Wildman–Crippen LogP) is 0.527. The van der Waals surface area contributed by atoms with Crippen molar-refractivity contribution in [1.82, 2.24) is 15.1 Å². The number of hydrogen-bond donors (Lipinski definition) is 2. The second-order valence-corrected chi connectivity index (χ2v) is 4.75. The topological polar surface area (TPSA) is 75.0 Å². The number of rotatable bonds is 1. The molecule has 88 valence electrons. The van der Waals surface area contributed by atoms with Crippen molar-refractivity contribution in [3.05, 3.63) is 17.5 Å². The number of carbonyl (C=O) groups is 1. The molecule has 2 heterocycles. The van der Waals surface area contributed by atoms with Crippen LogP contribution in [0.4, 0.5) is 0 Å². The van der Waals surface area contributed by atoms with Crippen molar-refractivity contribution >= 4 is 5.91 Å². The third-order valence-electron chi connectivity index (χ3n) is 2.90. The summed E-state index contributed by atoms with van der Waals surface area (Å²) >= 11 is 0. The number of carbonyl (C=O) groups excluding carboxylic acids is 1. The van der Waals surface area contributed by atoms with Gasteiger partial charge < -0.3 is 10.6 Å². The molecule has 5 heteroatoms. The van der Waals surface area contributed by atoms with Crippen LogP contribution in [0.15, 0.2) is 6.07 Å². The molecule has 1 aliphatic heterocycles. The van der Waals surface area contributed by atoms with Crippen molar-refractivity contribution < 1.29 is 4.79 Å². The zero-order valence-corrected chi connectivity index (χ0v) is 9.73. The Kier molecular flexibility index (Phi) is 2.96. The molecular weight excluding hydrogens is 204 g/mol. The van der Waals surface area contributed by atoms with E-state index in [1.165, 1.54) is 0 Å². The Morgan fingerprint density at radius 3 is 2.94 bits per heavy atom. The van der Waals surface area contributed by atoms with Crippen LogP contribution in [0.25, 0.3) is 0 Å². The predicted molar refractivity (Wildman–Crippen MR) is 61.0 cm³/mol. The first kappa shape index (κ1) is 11.1. The van der Waals surface area contributed by atoms with Gasteiger partial charge in [-0.05, 0) is 25.3 Å². The van der Waals surface area contributed by atoms with Gasteiger partial charge in [0, 0.05) is 24.8 Å². The highest BCUT2D eigenvalue weighted by atomic mass is 16.2. The minimum atomic E-state index is -0.0219. The first-order chi connectivity index (χ1) is 7.56.